The van der Waals surface area contributed by atoms with Crippen molar-refractivity contribution in [2.24, 2.45) is 11.8 Å². The van der Waals surface area contributed by atoms with E-state index in [1.165, 1.54) is 4.90 Å². The molecule has 0 saturated carbocycles. The molecule has 2 aliphatic heterocycles. The first-order valence-corrected chi connectivity index (χ1v) is 5.93. The van der Waals surface area contributed by atoms with Crippen LogP contribution in [0, 0.1) is 11.8 Å². The van der Waals surface area contributed by atoms with Crippen LogP contribution in [0.25, 0.3) is 0 Å². The number of aliphatic carboxylic acids is 1. The summed E-state index contributed by atoms with van der Waals surface area (Å²) in [6.45, 7) is 4.36. The van der Waals surface area contributed by atoms with Gasteiger partial charge in [0.15, 0.2) is 6.04 Å². The van der Waals surface area contributed by atoms with Crippen molar-refractivity contribution < 1.29 is 19.4 Å². The molecule has 0 bridgehead atoms. The molecule has 2 fully saturated rings. The Morgan fingerprint density at radius 3 is 2.76 bits per heavy atom. The SMILES string of the molecule is C[C@@H]1CNC[C@H]1C(=O)N1CCOCC1C(=O)O. The molecule has 2 N–H and O–H groups in total. The Morgan fingerprint density at radius 1 is 1.41 bits per heavy atom. The first-order chi connectivity index (χ1) is 8.11. The first-order valence-electron chi connectivity index (χ1n) is 5.93. The third-order valence-corrected chi connectivity index (χ3v) is 3.53. The maximum absolute atomic E-state index is 12.3. The van der Waals surface area contributed by atoms with E-state index in [4.69, 9.17) is 9.84 Å². The molecule has 2 rings (SSSR count). The van der Waals surface area contributed by atoms with Crippen molar-refractivity contribution in [2.75, 3.05) is 32.8 Å². The molecule has 2 saturated heterocycles. The van der Waals surface area contributed by atoms with Gasteiger partial charge in [-0.2, -0.15) is 0 Å². The fraction of sp³-hybridized carbons (Fsp3) is 0.818. The average molecular weight is 242 g/mol. The van der Waals surface area contributed by atoms with E-state index in [1.807, 2.05) is 6.92 Å². The second-order valence-corrected chi connectivity index (χ2v) is 4.70. The molecule has 2 aliphatic rings. The Labute approximate surface area is 99.9 Å². The minimum absolute atomic E-state index is 0.0572. The number of carboxylic acids is 1. The molecule has 0 aromatic carbocycles. The van der Waals surface area contributed by atoms with E-state index in [2.05, 4.69) is 5.32 Å². The van der Waals surface area contributed by atoms with E-state index >= 15 is 0 Å². The van der Waals surface area contributed by atoms with E-state index in [0.717, 1.165) is 6.54 Å². The fourth-order valence-electron chi connectivity index (χ4n) is 2.43. The second kappa shape index (κ2) is 5.01. The van der Waals surface area contributed by atoms with E-state index in [1.54, 1.807) is 0 Å². The maximum atomic E-state index is 12.3. The van der Waals surface area contributed by atoms with Gasteiger partial charge in [-0.3, -0.25) is 4.79 Å². The van der Waals surface area contributed by atoms with Crippen LogP contribution in [0.4, 0.5) is 0 Å². The number of carbonyl (C=O) groups is 2. The van der Waals surface area contributed by atoms with Gasteiger partial charge < -0.3 is 20.1 Å². The van der Waals surface area contributed by atoms with Gasteiger partial charge in [-0.1, -0.05) is 6.92 Å². The highest BCUT2D eigenvalue weighted by atomic mass is 16.5. The van der Waals surface area contributed by atoms with Crippen molar-refractivity contribution in [1.82, 2.24) is 10.2 Å². The van der Waals surface area contributed by atoms with E-state index < -0.39 is 12.0 Å². The second-order valence-electron chi connectivity index (χ2n) is 4.70. The lowest BCUT2D eigenvalue weighted by atomic mass is 9.95. The zero-order chi connectivity index (χ0) is 12.4. The van der Waals surface area contributed by atoms with Crippen molar-refractivity contribution in [2.45, 2.75) is 13.0 Å². The van der Waals surface area contributed by atoms with Crippen LogP contribution in [-0.2, 0) is 14.3 Å². The number of carboxylic acid groups (broad SMARTS) is 1. The first kappa shape index (κ1) is 12.3. The monoisotopic (exact) mass is 242 g/mol. The molecular weight excluding hydrogens is 224 g/mol. The zero-order valence-electron chi connectivity index (χ0n) is 9.89. The van der Waals surface area contributed by atoms with Crippen LogP contribution >= 0.6 is 0 Å². The molecule has 0 aromatic rings. The summed E-state index contributed by atoms with van der Waals surface area (Å²) in [7, 11) is 0. The highest BCUT2D eigenvalue weighted by Crippen LogP contribution is 2.21. The summed E-state index contributed by atoms with van der Waals surface area (Å²) in [6.07, 6.45) is 0. The van der Waals surface area contributed by atoms with Crippen LogP contribution in [0.5, 0.6) is 0 Å². The van der Waals surface area contributed by atoms with Crippen LogP contribution in [-0.4, -0.2) is 60.8 Å². The van der Waals surface area contributed by atoms with Crippen molar-refractivity contribution in [3.63, 3.8) is 0 Å². The van der Waals surface area contributed by atoms with E-state index in [-0.39, 0.29) is 24.3 Å². The summed E-state index contributed by atoms with van der Waals surface area (Å²) >= 11 is 0. The molecular formula is C11H18N2O4. The Hall–Kier alpha value is -1.14. The topological polar surface area (TPSA) is 78.9 Å². The number of nitrogens with zero attached hydrogens (tertiary/aromatic N) is 1. The lowest BCUT2D eigenvalue weighted by Gasteiger charge is -2.35. The lowest BCUT2D eigenvalue weighted by Crippen LogP contribution is -2.55. The van der Waals surface area contributed by atoms with Gasteiger partial charge in [0.1, 0.15) is 0 Å². The quantitative estimate of drug-likeness (QED) is 0.659. The van der Waals surface area contributed by atoms with E-state index in [9.17, 15) is 9.59 Å². The molecule has 96 valence electrons. The van der Waals surface area contributed by atoms with Gasteiger partial charge in [0.25, 0.3) is 0 Å². The van der Waals surface area contributed by atoms with Crippen LogP contribution in [0.1, 0.15) is 6.92 Å². The molecule has 0 spiro atoms. The summed E-state index contributed by atoms with van der Waals surface area (Å²) < 4.78 is 5.12. The summed E-state index contributed by atoms with van der Waals surface area (Å²) in [4.78, 5) is 24.8. The molecule has 0 aromatic heterocycles. The lowest BCUT2D eigenvalue weighted by molar-refractivity contribution is -0.160. The van der Waals surface area contributed by atoms with E-state index in [0.29, 0.717) is 19.7 Å². The molecule has 6 heteroatoms. The average Bonchev–Trinajstić information content (AvgIpc) is 2.74. The number of amides is 1. The molecule has 6 nitrogen and oxygen atoms in total. The van der Waals surface area contributed by atoms with Crippen LogP contribution in [0.15, 0.2) is 0 Å². The Bertz CT molecular complexity index is 321. The Kier molecular flexibility index (Phi) is 3.63. The van der Waals surface area contributed by atoms with Crippen molar-refractivity contribution in [3.8, 4) is 0 Å². The normalized spacial score (nSPS) is 33.7. The minimum atomic E-state index is -0.989. The third kappa shape index (κ3) is 2.42. The fourth-order valence-corrected chi connectivity index (χ4v) is 2.43. The molecule has 0 radical (unpaired) electrons. The predicted molar refractivity (Wildman–Crippen MR) is 59.5 cm³/mol. The molecule has 17 heavy (non-hydrogen) atoms. The van der Waals surface area contributed by atoms with Gasteiger partial charge in [0.05, 0.1) is 19.1 Å². The van der Waals surface area contributed by atoms with Crippen molar-refractivity contribution >= 4 is 11.9 Å². The smallest absolute Gasteiger partial charge is 0.328 e. The van der Waals surface area contributed by atoms with Gasteiger partial charge in [0.2, 0.25) is 5.91 Å². The zero-order valence-corrected chi connectivity index (χ0v) is 9.89. The maximum Gasteiger partial charge on any atom is 0.328 e. The molecule has 2 heterocycles. The third-order valence-electron chi connectivity index (χ3n) is 3.53. The Balaban J connectivity index is 2.08. The van der Waals surface area contributed by atoms with Gasteiger partial charge in [-0.05, 0) is 12.5 Å². The summed E-state index contributed by atoms with van der Waals surface area (Å²) in [5.41, 5.74) is 0. The molecule has 3 atom stereocenters. The minimum Gasteiger partial charge on any atom is -0.480 e. The van der Waals surface area contributed by atoms with Gasteiger partial charge in [0, 0.05) is 13.1 Å². The van der Waals surface area contributed by atoms with Crippen molar-refractivity contribution in [1.29, 1.82) is 0 Å². The van der Waals surface area contributed by atoms with Gasteiger partial charge in [-0.15, -0.1) is 0 Å². The summed E-state index contributed by atoms with van der Waals surface area (Å²) in [5.74, 6) is -0.885. The molecule has 1 amide bonds. The molecule has 0 aliphatic carbocycles. The number of rotatable bonds is 2. The number of morpholine rings is 1. The van der Waals surface area contributed by atoms with Gasteiger partial charge in [-0.25, -0.2) is 4.79 Å². The summed E-state index contributed by atoms with van der Waals surface area (Å²) in [5, 5.41) is 12.2. The van der Waals surface area contributed by atoms with Crippen LogP contribution < -0.4 is 5.32 Å². The van der Waals surface area contributed by atoms with Crippen LogP contribution in [0.2, 0.25) is 0 Å². The van der Waals surface area contributed by atoms with Crippen LogP contribution in [0.3, 0.4) is 0 Å². The largest absolute Gasteiger partial charge is 0.480 e. The number of hydrogen-bond acceptors (Lipinski definition) is 4. The number of hydrogen-bond donors (Lipinski definition) is 2. The summed E-state index contributed by atoms with van der Waals surface area (Å²) in [6, 6.07) is -0.830. The number of carbonyl (C=O) groups excluding carboxylic acids is 1. The number of ether oxygens (including phenoxy) is 1. The number of nitrogens with one attached hydrogen (secondary N) is 1. The Morgan fingerprint density at radius 2 is 2.18 bits per heavy atom. The van der Waals surface area contributed by atoms with Gasteiger partial charge >= 0.3 is 5.97 Å². The standard InChI is InChI=1S/C11H18N2O4/c1-7-4-12-5-8(7)10(14)13-2-3-17-6-9(13)11(15)16/h7-9,12H,2-6H2,1H3,(H,15,16)/t7-,8-,9?/m1/s1. The van der Waals surface area contributed by atoms with Crippen molar-refractivity contribution in [3.05, 3.63) is 0 Å². The highest BCUT2D eigenvalue weighted by molar-refractivity contribution is 5.86. The predicted octanol–water partition coefficient (Wildman–Crippen LogP) is -0.846. The highest BCUT2D eigenvalue weighted by Gasteiger charge is 2.39. The molecule has 1 unspecified atom stereocenters.